The first-order chi connectivity index (χ1) is 6.29. The van der Waals surface area contributed by atoms with Crippen molar-refractivity contribution in [3.05, 3.63) is 29.8 Å². The highest BCUT2D eigenvalue weighted by molar-refractivity contribution is 6.30. The molecule has 0 spiro atoms. The molecule has 1 rings (SSSR count). The van der Waals surface area contributed by atoms with Gasteiger partial charge < -0.3 is 4.74 Å². The zero-order valence-corrected chi connectivity index (χ0v) is 8.17. The van der Waals surface area contributed by atoms with Crippen molar-refractivity contribution in [3.63, 3.8) is 0 Å². The van der Waals surface area contributed by atoms with E-state index in [0.29, 0.717) is 17.9 Å². The van der Waals surface area contributed by atoms with Crippen LogP contribution in [0.15, 0.2) is 24.3 Å². The van der Waals surface area contributed by atoms with Gasteiger partial charge in [-0.25, -0.2) is 0 Å². The number of hydrogen-bond acceptors (Lipinski definition) is 2. The molecule has 1 aromatic carbocycles. The van der Waals surface area contributed by atoms with Crippen LogP contribution >= 0.6 is 11.6 Å². The highest BCUT2D eigenvalue weighted by atomic mass is 35.5. The van der Waals surface area contributed by atoms with Gasteiger partial charge in [0, 0.05) is 0 Å². The van der Waals surface area contributed by atoms with Gasteiger partial charge in [0.15, 0.2) is 5.78 Å². The van der Waals surface area contributed by atoms with Crippen LogP contribution in [0.2, 0.25) is 0 Å². The molecule has 13 heavy (non-hydrogen) atoms. The maximum atomic E-state index is 11.3. The number of ether oxygens (including phenoxy) is 1. The number of ketones is 1. The van der Waals surface area contributed by atoms with Crippen molar-refractivity contribution < 1.29 is 9.53 Å². The Bertz CT molecular complexity index is 297. The molecule has 0 aliphatic heterocycles. The first-order valence-electron chi connectivity index (χ1n) is 4.10. The summed E-state index contributed by atoms with van der Waals surface area (Å²) in [6.45, 7) is 2.43. The van der Waals surface area contributed by atoms with Crippen LogP contribution in [0.4, 0.5) is 0 Å². The first-order valence-corrected chi connectivity index (χ1v) is 4.64. The van der Waals surface area contributed by atoms with Crippen LogP contribution in [0.5, 0.6) is 5.75 Å². The summed E-state index contributed by atoms with van der Waals surface area (Å²) < 4.78 is 5.28. The maximum Gasteiger partial charge on any atom is 0.181 e. The second-order valence-corrected chi connectivity index (χ2v) is 2.75. The summed E-state index contributed by atoms with van der Waals surface area (Å²) in [5, 5.41) is 0. The predicted molar refractivity (Wildman–Crippen MR) is 52.7 cm³/mol. The minimum Gasteiger partial charge on any atom is -0.493 e. The fourth-order valence-electron chi connectivity index (χ4n) is 1.05. The Morgan fingerprint density at radius 1 is 1.46 bits per heavy atom. The monoisotopic (exact) mass is 198 g/mol. The molecule has 0 saturated carbocycles. The molecule has 0 bridgehead atoms. The first kappa shape index (κ1) is 10.1. The summed E-state index contributed by atoms with van der Waals surface area (Å²) in [4.78, 5) is 11.3. The minimum absolute atomic E-state index is 0.00983. The third-order valence-electron chi connectivity index (χ3n) is 1.61. The lowest BCUT2D eigenvalue weighted by Crippen LogP contribution is -2.04. The van der Waals surface area contributed by atoms with Gasteiger partial charge in [-0.3, -0.25) is 4.79 Å². The summed E-state index contributed by atoms with van der Waals surface area (Å²) >= 11 is 5.45. The lowest BCUT2D eigenvalue weighted by Gasteiger charge is -2.06. The summed E-state index contributed by atoms with van der Waals surface area (Å²) in [6, 6.07) is 7.11. The summed E-state index contributed by atoms with van der Waals surface area (Å²) in [7, 11) is 0. The molecule has 0 atom stereocenters. The average molecular weight is 199 g/mol. The van der Waals surface area contributed by atoms with Crippen molar-refractivity contribution in [2.75, 3.05) is 12.5 Å². The standard InChI is InChI=1S/C10H11ClO2/c1-2-13-10-6-4-3-5-8(10)9(12)7-11/h3-6H,2,7H2,1H3. The fourth-order valence-corrected chi connectivity index (χ4v) is 1.19. The van der Waals surface area contributed by atoms with E-state index in [1.165, 1.54) is 0 Å². The Morgan fingerprint density at radius 2 is 2.15 bits per heavy atom. The van der Waals surface area contributed by atoms with Crippen LogP contribution in [0, 0.1) is 0 Å². The number of Topliss-reactive ketones (excluding diaryl/α,β-unsaturated/α-hetero) is 1. The number of benzene rings is 1. The summed E-state index contributed by atoms with van der Waals surface area (Å²) in [5.74, 6) is 0.491. The minimum atomic E-state index is -0.106. The van der Waals surface area contributed by atoms with E-state index in [4.69, 9.17) is 16.3 Å². The Labute approximate surface area is 82.5 Å². The number of carbonyl (C=O) groups excluding carboxylic acids is 1. The Kier molecular flexibility index (Phi) is 3.77. The molecule has 0 heterocycles. The van der Waals surface area contributed by atoms with Crippen LogP contribution in [-0.2, 0) is 0 Å². The van der Waals surface area contributed by atoms with Crippen LogP contribution in [0.1, 0.15) is 17.3 Å². The Morgan fingerprint density at radius 3 is 2.77 bits per heavy atom. The van der Waals surface area contributed by atoms with E-state index in [9.17, 15) is 4.79 Å². The van der Waals surface area contributed by atoms with Gasteiger partial charge in [0.2, 0.25) is 0 Å². The highest BCUT2D eigenvalue weighted by Crippen LogP contribution is 2.18. The number of alkyl halides is 1. The molecular weight excluding hydrogens is 188 g/mol. The molecule has 0 N–H and O–H groups in total. The van der Waals surface area contributed by atoms with Crippen molar-refractivity contribution in [1.29, 1.82) is 0 Å². The molecular formula is C10H11ClO2. The number of rotatable bonds is 4. The van der Waals surface area contributed by atoms with Gasteiger partial charge in [-0.1, -0.05) is 12.1 Å². The number of hydrogen-bond donors (Lipinski definition) is 0. The largest absolute Gasteiger partial charge is 0.493 e. The third-order valence-corrected chi connectivity index (χ3v) is 1.85. The zero-order chi connectivity index (χ0) is 9.68. The van der Waals surface area contributed by atoms with Crippen molar-refractivity contribution in [2.45, 2.75) is 6.92 Å². The lowest BCUT2D eigenvalue weighted by atomic mass is 10.1. The SMILES string of the molecule is CCOc1ccccc1C(=O)CCl. The van der Waals surface area contributed by atoms with Gasteiger partial charge in [-0.15, -0.1) is 11.6 Å². The molecule has 0 amide bonds. The van der Waals surface area contributed by atoms with Crippen molar-refractivity contribution in [1.82, 2.24) is 0 Å². The number of para-hydroxylation sites is 1. The van der Waals surface area contributed by atoms with Crippen LogP contribution in [0.3, 0.4) is 0 Å². The van der Waals surface area contributed by atoms with E-state index in [2.05, 4.69) is 0 Å². The fraction of sp³-hybridized carbons (Fsp3) is 0.300. The van der Waals surface area contributed by atoms with Gasteiger partial charge in [-0.05, 0) is 19.1 Å². The normalized spacial score (nSPS) is 9.69. The van der Waals surface area contributed by atoms with E-state index in [0.717, 1.165) is 0 Å². The summed E-state index contributed by atoms with van der Waals surface area (Å²) in [5.41, 5.74) is 0.555. The molecule has 1 aromatic rings. The smallest absolute Gasteiger partial charge is 0.181 e. The molecule has 70 valence electrons. The van der Waals surface area contributed by atoms with Crippen molar-refractivity contribution >= 4 is 17.4 Å². The second kappa shape index (κ2) is 4.87. The number of carbonyl (C=O) groups is 1. The molecule has 0 aromatic heterocycles. The Balaban J connectivity index is 2.97. The van der Waals surface area contributed by atoms with Crippen molar-refractivity contribution in [3.8, 4) is 5.75 Å². The van der Waals surface area contributed by atoms with E-state index in [1.54, 1.807) is 18.2 Å². The van der Waals surface area contributed by atoms with Crippen LogP contribution < -0.4 is 4.74 Å². The second-order valence-electron chi connectivity index (χ2n) is 2.49. The topological polar surface area (TPSA) is 26.3 Å². The van der Waals surface area contributed by atoms with Gasteiger partial charge in [0.05, 0.1) is 18.1 Å². The van der Waals surface area contributed by atoms with E-state index in [-0.39, 0.29) is 11.7 Å². The molecule has 0 aliphatic rings. The average Bonchev–Trinajstić information content (AvgIpc) is 2.18. The third kappa shape index (κ3) is 2.46. The maximum absolute atomic E-state index is 11.3. The lowest BCUT2D eigenvalue weighted by molar-refractivity contribution is 0.101. The quantitative estimate of drug-likeness (QED) is 0.549. The van der Waals surface area contributed by atoms with Crippen LogP contribution in [-0.4, -0.2) is 18.3 Å². The van der Waals surface area contributed by atoms with Gasteiger partial charge >= 0.3 is 0 Å². The molecule has 2 nitrogen and oxygen atoms in total. The summed E-state index contributed by atoms with van der Waals surface area (Å²) in [6.07, 6.45) is 0. The highest BCUT2D eigenvalue weighted by Gasteiger charge is 2.09. The molecule has 0 aliphatic carbocycles. The van der Waals surface area contributed by atoms with Gasteiger partial charge in [0.1, 0.15) is 5.75 Å². The molecule has 0 unspecified atom stereocenters. The Hall–Kier alpha value is -1.02. The van der Waals surface area contributed by atoms with E-state index < -0.39 is 0 Å². The molecule has 3 heteroatoms. The van der Waals surface area contributed by atoms with Crippen molar-refractivity contribution in [2.24, 2.45) is 0 Å². The van der Waals surface area contributed by atoms with E-state index in [1.807, 2.05) is 13.0 Å². The number of halogens is 1. The van der Waals surface area contributed by atoms with E-state index >= 15 is 0 Å². The molecule has 0 radical (unpaired) electrons. The predicted octanol–water partition coefficient (Wildman–Crippen LogP) is 2.51. The molecule has 0 fully saturated rings. The molecule has 0 saturated heterocycles. The van der Waals surface area contributed by atoms with Gasteiger partial charge in [-0.2, -0.15) is 0 Å². The van der Waals surface area contributed by atoms with Gasteiger partial charge in [0.25, 0.3) is 0 Å². The van der Waals surface area contributed by atoms with Crippen LogP contribution in [0.25, 0.3) is 0 Å². The zero-order valence-electron chi connectivity index (χ0n) is 7.42.